The average molecular weight is 431 g/mol. The zero-order valence-corrected chi connectivity index (χ0v) is 19.0. The fourth-order valence-corrected chi connectivity index (χ4v) is 4.61. The number of nitrogens with one attached hydrogen (secondary N) is 1. The largest absolute Gasteiger partial charge is 0.487 e. The van der Waals surface area contributed by atoms with Crippen LogP contribution in [-0.2, 0) is 10.0 Å². The molecule has 0 saturated heterocycles. The van der Waals surface area contributed by atoms with Crippen LogP contribution in [0.25, 0.3) is 0 Å². The van der Waals surface area contributed by atoms with Gasteiger partial charge in [-0.05, 0) is 43.5 Å². The Balaban J connectivity index is 1.94. The lowest BCUT2D eigenvalue weighted by atomic mass is 9.83. The van der Waals surface area contributed by atoms with Crippen LogP contribution in [0.4, 0.5) is 5.69 Å². The molecule has 1 aliphatic heterocycles. The van der Waals surface area contributed by atoms with Gasteiger partial charge < -0.3 is 10.1 Å². The standard InChI is InChI=1S/C23H30N2O4S/c1-6-23(7-2)15-19(18-11-8-9-14-21(18)29-23)24-22(26)17-12-10-13-20(16(17)3)25(4)30(5,27)28/h8-14,19H,6-7,15H2,1-5H3,(H,24,26)/t19-/m0/s1. The van der Waals surface area contributed by atoms with E-state index < -0.39 is 10.0 Å². The number of fused-ring (bicyclic) bond motifs is 1. The molecule has 0 fully saturated rings. The van der Waals surface area contributed by atoms with Crippen LogP contribution in [0.15, 0.2) is 42.5 Å². The number of carbonyl (C=O) groups excluding carboxylic acids is 1. The van der Waals surface area contributed by atoms with Crippen molar-refractivity contribution in [3.8, 4) is 5.75 Å². The Morgan fingerprint density at radius 1 is 1.17 bits per heavy atom. The van der Waals surface area contributed by atoms with E-state index in [0.29, 0.717) is 23.2 Å². The summed E-state index contributed by atoms with van der Waals surface area (Å²) in [5.41, 5.74) is 2.23. The van der Waals surface area contributed by atoms with Crippen LogP contribution in [0, 0.1) is 6.92 Å². The second kappa shape index (κ2) is 8.30. The highest BCUT2D eigenvalue weighted by Crippen LogP contribution is 2.42. The molecule has 3 rings (SSSR count). The molecule has 2 aromatic carbocycles. The molecule has 1 amide bonds. The first-order chi connectivity index (χ1) is 14.1. The van der Waals surface area contributed by atoms with Crippen molar-refractivity contribution in [2.75, 3.05) is 17.6 Å². The molecule has 0 unspecified atom stereocenters. The zero-order valence-electron chi connectivity index (χ0n) is 18.2. The van der Waals surface area contributed by atoms with E-state index in [-0.39, 0.29) is 17.6 Å². The van der Waals surface area contributed by atoms with Crippen LogP contribution in [0.2, 0.25) is 0 Å². The van der Waals surface area contributed by atoms with Crippen LogP contribution >= 0.6 is 0 Å². The van der Waals surface area contributed by atoms with Gasteiger partial charge in [0.25, 0.3) is 5.91 Å². The van der Waals surface area contributed by atoms with Gasteiger partial charge in [0, 0.05) is 24.6 Å². The summed E-state index contributed by atoms with van der Waals surface area (Å²) in [6, 6.07) is 12.8. The second-order valence-corrected chi connectivity index (χ2v) is 9.95. The third-order valence-corrected chi connectivity index (χ3v) is 7.37. The highest BCUT2D eigenvalue weighted by molar-refractivity contribution is 7.92. The molecular formula is C23H30N2O4S. The number of rotatable bonds is 6. The number of amides is 1. The Bertz CT molecular complexity index is 1040. The molecule has 1 heterocycles. The van der Waals surface area contributed by atoms with E-state index in [2.05, 4.69) is 19.2 Å². The number of carbonyl (C=O) groups is 1. The van der Waals surface area contributed by atoms with Crippen LogP contribution in [0.5, 0.6) is 5.75 Å². The lowest BCUT2D eigenvalue weighted by Crippen LogP contribution is -2.44. The smallest absolute Gasteiger partial charge is 0.252 e. The predicted octanol–water partition coefficient (Wildman–Crippen LogP) is 4.20. The third-order valence-electron chi connectivity index (χ3n) is 6.18. The van der Waals surface area contributed by atoms with Crippen molar-refractivity contribution >= 4 is 21.6 Å². The summed E-state index contributed by atoms with van der Waals surface area (Å²) < 4.78 is 31.5. The summed E-state index contributed by atoms with van der Waals surface area (Å²) >= 11 is 0. The van der Waals surface area contributed by atoms with Crippen LogP contribution in [0.1, 0.15) is 60.6 Å². The van der Waals surface area contributed by atoms with E-state index in [0.717, 1.165) is 30.4 Å². The molecular weight excluding hydrogens is 400 g/mol. The van der Waals surface area contributed by atoms with Gasteiger partial charge in [0.05, 0.1) is 18.0 Å². The number of ether oxygens (including phenoxy) is 1. The first-order valence-electron chi connectivity index (χ1n) is 10.2. The van der Waals surface area contributed by atoms with Crippen LogP contribution < -0.4 is 14.4 Å². The molecule has 6 nitrogen and oxygen atoms in total. The minimum absolute atomic E-state index is 0.182. The Kier molecular flexibility index (Phi) is 6.13. The summed E-state index contributed by atoms with van der Waals surface area (Å²) in [6.07, 6.45) is 3.52. The van der Waals surface area contributed by atoms with E-state index >= 15 is 0 Å². The van der Waals surface area contributed by atoms with Crippen LogP contribution in [-0.4, -0.2) is 33.2 Å². The van der Waals surface area contributed by atoms with Crippen LogP contribution in [0.3, 0.4) is 0 Å². The maximum absolute atomic E-state index is 13.2. The molecule has 30 heavy (non-hydrogen) atoms. The number of sulfonamides is 1. The molecule has 0 aromatic heterocycles. The Morgan fingerprint density at radius 3 is 2.47 bits per heavy atom. The summed E-state index contributed by atoms with van der Waals surface area (Å²) in [5, 5.41) is 3.17. The van der Waals surface area contributed by atoms with Crippen molar-refractivity contribution in [3.63, 3.8) is 0 Å². The van der Waals surface area contributed by atoms with Gasteiger partial charge in [-0.15, -0.1) is 0 Å². The van der Waals surface area contributed by atoms with Crippen molar-refractivity contribution in [1.82, 2.24) is 5.32 Å². The number of anilines is 1. The molecule has 1 N–H and O–H groups in total. The summed E-state index contributed by atoms with van der Waals surface area (Å²) in [4.78, 5) is 13.2. The zero-order chi connectivity index (χ0) is 22.1. The van der Waals surface area contributed by atoms with E-state index in [9.17, 15) is 13.2 Å². The van der Waals surface area contributed by atoms with Gasteiger partial charge in [-0.25, -0.2) is 8.42 Å². The van der Waals surface area contributed by atoms with Crippen molar-refractivity contribution in [3.05, 3.63) is 59.2 Å². The van der Waals surface area contributed by atoms with E-state index in [4.69, 9.17) is 4.74 Å². The first-order valence-corrected chi connectivity index (χ1v) is 12.1. The molecule has 7 heteroatoms. The van der Waals surface area contributed by atoms with Crippen molar-refractivity contribution < 1.29 is 17.9 Å². The number of hydrogen-bond donors (Lipinski definition) is 1. The van der Waals surface area contributed by atoms with Crippen molar-refractivity contribution in [2.45, 2.75) is 51.7 Å². The highest BCUT2D eigenvalue weighted by Gasteiger charge is 2.39. The van der Waals surface area contributed by atoms with Gasteiger partial charge in [0.2, 0.25) is 10.0 Å². The molecule has 1 atom stereocenters. The number of nitrogens with zero attached hydrogens (tertiary/aromatic N) is 1. The highest BCUT2D eigenvalue weighted by atomic mass is 32.2. The van der Waals surface area contributed by atoms with Crippen molar-refractivity contribution in [2.24, 2.45) is 0 Å². The maximum Gasteiger partial charge on any atom is 0.252 e. The lowest BCUT2D eigenvalue weighted by Gasteiger charge is -2.41. The predicted molar refractivity (Wildman–Crippen MR) is 120 cm³/mol. The molecule has 2 aromatic rings. The number of hydrogen-bond acceptors (Lipinski definition) is 4. The maximum atomic E-state index is 13.2. The topological polar surface area (TPSA) is 75.7 Å². The number of benzene rings is 2. The summed E-state index contributed by atoms with van der Waals surface area (Å²) in [6.45, 7) is 5.97. The molecule has 162 valence electrons. The summed E-state index contributed by atoms with van der Waals surface area (Å²) in [7, 11) is -1.93. The quantitative estimate of drug-likeness (QED) is 0.745. The normalized spacial score (nSPS) is 17.6. The molecule has 1 aliphatic rings. The Labute approximate surface area is 179 Å². The average Bonchev–Trinajstić information content (AvgIpc) is 2.72. The van der Waals surface area contributed by atoms with Gasteiger partial charge in [-0.2, -0.15) is 0 Å². The van der Waals surface area contributed by atoms with Crippen molar-refractivity contribution in [1.29, 1.82) is 0 Å². The third kappa shape index (κ3) is 4.17. The van der Waals surface area contributed by atoms with Gasteiger partial charge >= 0.3 is 0 Å². The first kappa shape index (κ1) is 22.2. The molecule has 0 aliphatic carbocycles. The van der Waals surface area contributed by atoms with Gasteiger partial charge in [-0.1, -0.05) is 38.1 Å². The Hall–Kier alpha value is -2.54. The lowest BCUT2D eigenvalue weighted by molar-refractivity contribution is 0.0227. The fourth-order valence-electron chi connectivity index (χ4n) is 4.06. The van der Waals surface area contributed by atoms with Gasteiger partial charge in [-0.3, -0.25) is 9.10 Å². The number of para-hydroxylation sites is 1. The van der Waals surface area contributed by atoms with Gasteiger partial charge in [0.1, 0.15) is 11.4 Å². The van der Waals surface area contributed by atoms with E-state index in [1.54, 1.807) is 25.1 Å². The van der Waals surface area contributed by atoms with E-state index in [1.165, 1.54) is 11.4 Å². The SMILES string of the molecule is CCC1(CC)C[C@H](NC(=O)c2cccc(N(C)S(C)(=O)=O)c2C)c2ccccc2O1. The summed E-state index contributed by atoms with van der Waals surface area (Å²) in [5.74, 6) is 0.582. The molecule has 0 spiro atoms. The second-order valence-electron chi connectivity index (χ2n) is 7.94. The molecule has 0 saturated carbocycles. The minimum Gasteiger partial charge on any atom is -0.487 e. The fraction of sp³-hybridized carbons (Fsp3) is 0.435. The Morgan fingerprint density at radius 2 is 1.83 bits per heavy atom. The van der Waals surface area contributed by atoms with E-state index in [1.807, 2.05) is 24.3 Å². The van der Waals surface area contributed by atoms with Gasteiger partial charge in [0.15, 0.2) is 0 Å². The molecule has 0 radical (unpaired) electrons. The molecule has 0 bridgehead atoms. The monoisotopic (exact) mass is 430 g/mol. The minimum atomic E-state index is -3.43.